The number of carbonyl (C=O) groups is 2. The zero-order chi connectivity index (χ0) is 21.3. The fourth-order valence-electron chi connectivity index (χ4n) is 3.43. The number of aryl methyl sites for hydroxylation is 1. The number of methoxy groups -OCH3 is 1. The maximum Gasteiger partial charge on any atom is 0.262 e. The fourth-order valence-corrected chi connectivity index (χ4v) is 4.35. The minimum Gasteiger partial charge on any atom is -0.493 e. The molecule has 1 aliphatic rings. The number of fused-ring (bicyclic) bond motifs is 1. The summed E-state index contributed by atoms with van der Waals surface area (Å²) in [5.74, 6) is -0.510. The molecule has 0 spiro atoms. The lowest BCUT2D eigenvalue weighted by Gasteiger charge is -2.26. The Kier molecular flexibility index (Phi) is 5.66. The highest BCUT2D eigenvalue weighted by atomic mass is 32.2. The highest BCUT2D eigenvalue weighted by molar-refractivity contribution is 7.90. The van der Waals surface area contributed by atoms with Crippen molar-refractivity contribution in [3.05, 3.63) is 58.7 Å². The van der Waals surface area contributed by atoms with Gasteiger partial charge in [0, 0.05) is 6.26 Å². The molecule has 0 N–H and O–H groups in total. The van der Waals surface area contributed by atoms with Crippen LogP contribution in [0.2, 0.25) is 0 Å². The lowest BCUT2D eigenvalue weighted by Crippen LogP contribution is -2.37. The van der Waals surface area contributed by atoms with Crippen LogP contribution >= 0.6 is 0 Å². The Labute approximate surface area is 170 Å². The van der Waals surface area contributed by atoms with Gasteiger partial charge in [0.2, 0.25) is 0 Å². The summed E-state index contributed by atoms with van der Waals surface area (Å²) in [7, 11) is -2.01. The molecule has 0 fully saturated rings. The molecule has 0 saturated carbocycles. The van der Waals surface area contributed by atoms with Gasteiger partial charge in [-0.1, -0.05) is 17.7 Å². The Balaban J connectivity index is 2.11. The van der Waals surface area contributed by atoms with Crippen LogP contribution in [-0.4, -0.2) is 50.9 Å². The van der Waals surface area contributed by atoms with Crippen LogP contribution in [0.1, 0.15) is 44.8 Å². The van der Waals surface area contributed by atoms with Crippen molar-refractivity contribution in [3.63, 3.8) is 0 Å². The fraction of sp³-hybridized carbons (Fsp3) is 0.333. The molecule has 2 amide bonds. The predicted molar refractivity (Wildman–Crippen MR) is 108 cm³/mol. The van der Waals surface area contributed by atoms with Crippen LogP contribution in [0.4, 0.5) is 0 Å². The monoisotopic (exact) mass is 417 g/mol. The molecule has 2 aromatic rings. The van der Waals surface area contributed by atoms with E-state index in [9.17, 15) is 18.0 Å². The molecule has 1 aliphatic heterocycles. The molecule has 0 radical (unpaired) electrons. The SMILES string of the molecule is CCOc1cc([C@H](CS(C)(=O)=O)N2C(=O)c3ccc(C)cc3C2=O)ccc1OC. The van der Waals surface area contributed by atoms with Crippen molar-refractivity contribution in [2.45, 2.75) is 19.9 Å². The van der Waals surface area contributed by atoms with E-state index in [0.717, 1.165) is 16.7 Å². The molecule has 2 aromatic carbocycles. The third-order valence-electron chi connectivity index (χ3n) is 4.72. The molecule has 8 heteroatoms. The molecular formula is C21H23NO6S. The van der Waals surface area contributed by atoms with E-state index < -0.39 is 33.4 Å². The van der Waals surface area contributed by atoms with E-state index in [1.165, 1.54) is 7.11 Å². The maximum atomic E-state index is 13.0. The van der Waals surface area contributed by atoms with E-state index in [2.05, 4.69) is 0 Å². The summed E-state index contributed by atoms with van der Waals surface area (Å²) in [6, 6.07) is 8.91. The number of imide groups is 1. The summed E-state index contributed by atoms with van der Waals surface area (Å²) in [5, 5.41) is 0. The van der Waals surface area contributed by atoms with Crippen LogP contribution in [-0.2, 0) is 9.84 Å². The van der Waals surface area contributed by atoms with Gasteiger partial charge in [-0.25, -0.2) is 8.42 Å². The maximum absolute atomic E-state index is 13.0. The average molecular weight is 417 g/mol. The van der Waals surface area contributed by atoms with Gasteiger partial charge < -0.3 is 9.47 Å². The quantitative estimate of drug-likeness (QED) is 0.644. The largest absolute Gasteiger partial charge is 0.493 e. The van der Waals surface area contributed by atoms with Crippen molar-refractivity contribution in [2.24, 2.45) is 0 Å². The standard InChI is InChI=1S/C21H23NO6S/c1-5-28-19-11-14(7-9-18(19)27-3)17(12-29(4,25)26)22-20(23)15-8-6-13(2)10-16(15)21(22)24/h6-11,17H,5,12H2,1-4H3/t17-/m0/s1. The van der Waals surface area contributed by atoms with E-state index in [1.807, 2.05) is 13.8 Å². The Morgan fingerprint density at radius 2 is 1.69 bits per heavy atom. The van der Waals surface area contributed by atoms with Crippen molar-refractivity contribution in [3.8, 4) is 11.5 Å². The van der Waals surface area contributed by atoms with Crippen LogP contribution in [0.5, 0.6) is 11.5 Å². The van der Waals surface area contributed by atoms with Crippen molar-refractivity contribution in [2.75, 3.05) is 25.7 Å². The van der Waals surface area contributed by atoms with Gasteiger partial charge >= 0.3 is 0 Å². The molecule has 154 valence electrons. The number of sulfone groups is 1. The van der Waals surface area contributed by atoms with Crippen LogP contribution in [0.25, 0.3) is 0 Å². The van der Waals surface area contributed by atoms with Gasteiger partial charge in [-0.2, -0.15) is 0 Å². The lowest BCUT2D eigenvalue weighted by atomic mass is 10.1. The number of benzene rings is 2. The lowest BCUT2D eigenvalue weighted by molar-refractivity contribution is 0.0597. The van der Waals surface area contributed by atoms with Crippen molar-refractivity contribution in [1.29, 1.82) is 0 Å². The molecule has 1 heterocycles. The van der Waals surface area contributed by atoms with Crippen molar-refractivity contribution >= 4 is 21.7 Å². The number of hydrogen-bond acceptors (Lipinski definition) is 6. The average Bonchev–Trinajstić information content (AvgIpc) is 2.89. The molecule has 0 unspecified atom stereocenters. The summed E-state index contributed by atoms with van der Waals surface area (Å²) in [6.07, 6.45) is 1.08. The zero-order valence-electron chi connectivity index (χ0n) is 16.8. The number of rotatable bonds is 7. The van der Waals surface area contributed by atoms with E-state index in [4.69, 9.17) is 9.47 Å². The van der Waals surface area contributed by atoms with Crippen molar-refractivity contribution < 1.29 is 27.5 Å². The molecule has 7 nitrogen and oxygen atoms in total. The first kappa shape index (κ1) is 20.9. The Morgan fingerprint density at radius 3 is 2.31 bits per heavy atom. The molecule has 3 rings (SSSR count). The molecule has 0 aromatic heterocycles. The van der Waals surface area contributed by atoms with Gasteiger partial charge in [0.05, 0.1) is 36.6 Å². The van der Waals surface area contributed by atoms with Crippen LogP contribution in [0.15, 0.2) is 36.4 Å². The van der Waals surface area contributed by atoms with E-state index in [-0.39, 0.29) is 11.1 Å². The number of nitrogens with zero attached hydrogens (tertiary/aromatic N) is 1. The van der Waals surface area contributed by atoms with Gasteiger partial charge in [0.1, 0.15) is 9.84 Å². The first-order valence-corrected chi connectivity index (χ1v) is 11.2. The predicted octanol–water partition coefficient (Wildman–Crippen LogP) is 2.78. The molecule has 0 aliphatic carbocycles. The summed E-state index contributed by atoms with van der Waals surface area (Å²) < 4.78 is 35.1. The number of hydrogen-bond donors (Lipinski definition) is 0. The summed E-state index contributed by atoms with van der Waals surface area (Å²) in [5.41, 5.74) is 1.88. The van der Waals surface area contributed by atoms with E-state index in [1.54, 1.807) is 36.4 Å². The highest BCUT2D eigenvalue weighted by Crippen LogP contribution is 2.36. The smallest absolute Gasteiger partial charge is 0.262 e. The summed E-state index contributed by atoms with van der Waals surface area (Å²) in [4.78, 5) is 27.1. The zero-order valence-corrected chi connectivity index (χ0v) is 17.6. The number of ether oxygens (including phenoxy) is 2. The Morgan fingerprint density at radius 1 is 1.00 bits per heavy atom. The minimum atomic E-state index is -3.51. The third-order valence-corrected chi connectivity index (χ3v) is 5.64. The normalized spacial score (nSPS) is 14.7. The topological polar surface area (TPSA) is 90.0 Å². The van der Waals surface area contributed by atoms with Gasteiger partial charge in [-0.3, -0.25) is 14.5 Å². The second-order valence-electron chi connectivity index (χ2n) is 6.98. The van der Waals surface area contributed by atoms with E-state index in [0.29, 0.717) is 23.7 Å². The van der Waals surface area contributed by atoms with Gasteiger partial charge in [-0.15, -0.1) is 0 Å². The second-order valence-corrected chi connectivity index (χ2v) is 9.17. The molecule has 0 saturated heterocycles. The first-order valence-electron chi connectivity index (χ1n) is 9.13. The summed E-state index contributed by atoms with van der Waals surface area (Å²) in [6.45, 7) is 4.02. The number of carbonyl (C=O) groups excluding carboxylic acids is 2. The Hall–Kier alpha value is -2.87. The second kappa shape index (κ2) is 7.87. The first-order chi connectivity index (χ1) is 13.7. The van der Waals surface area contributed by atoms with Gasteiger partial charge in [-0.05, 0) is 43.7 Å². The van der Waals surface area contributed by atoms with Crippen LogP contribution < -0.4 is 9.47 Å². The van der Waals surface area contributed by atoms with Crippen LogP contribution in [0, 0.1) is 6.92 Å². The Bertz CT molecular complexity index is 1080. The van der Waals surface area contributed by atoms with E-state index >= 15 is 0 Å². The molecular weight excluding hydrogens is 394 g/mol. The molecule has 1 atom stereocenters. The third kappa shape index (κ3) is 4.12. The number of amides is 2. The molecule has 29 heavy (non-hydrogen) atoms. The molecule has 0 bridgehead atoms. The van der Waals surface area contributed by atoms with Crippen LogP contribution in [0.3, 0.4) is 0 Å². The highest BCUT2D eigenvalue weighted by Gasteiger charge is 2.42. The van der Waals surface area contributed by atoms with Gasteiger partial charge in [0.15, 0.2) is 11.5 Å². The van der Waals surface area contributed by atoms with Gasteiger partial charge in [0.25, 0.3) is 11.8 Å². The minimum absolute atomic E-state index is 0.276. The van der Waals surface area contributed by atoms with Crippen molar-refractivity contribution in [1.82, 2.24) is 4.90 Å². The summed E-state index contributed by atoms with van der Waals surface area (Å²) >= 11 is 0.